The summed E-state index contributed by atoms with van der Waals surface area (Å²) in [5, 5.41) is 7.83. The van der Waals surface area contributed by atoms with Crippen LogP contribution in [-0.2, 0) is 11.2 Å². The molecule has 0 aromatic heterocycles. The predicted octanol–water partition coefficient (Wildman–Crippen LogP) is 4.07. The van der Waals surface area contributed by atoms with Gasteiger partial charge in [0.05, 0.1) is 4.20 Å². The van der Waals surface area contributed by atoms with Gasteiger partial charge >= 0.3 is 5.97 Å². The van der Waals surface area contributed by atoms with Gasteiger partial charge in [-0.3, -0.25) is 4.79 Å². The van der Waals surface area contributed by atoms with E-state index in [1.54, 1.807) is 18.7 Å². The van der Waals surface area contributed by atoms with Gasteiger partial charge in [-0.2, -0.15) is 0 Å². The third-order valence-electron chi connectivity index (χ3n) is 2.10. The van der Waals surface area contributed by atoms with E-state index < -0.39 is 11.2 Å². The molecule has 0 radical (unpaired) electrons. The molecule has 102 valence electrons. The Morgan fingerprint density at radius 3 is 2.74 bits per heavy atom. The highest BCUT2D eigenvalue weighted by Gasteiger charge is 2.11. The number of carboxylic acid groups (broad SMARTS) is 1. The SMILES string of the molecule is CC(SC(=S)S)C(=O)O.S=C1Cc2cccc(c2)S1. The standard InChI is InChI=1S/C8H6S2.C4H6O2S3/c9-8-5-6-2-1-3-7(4-6)10-8;1-2(3(5)6)9-4(7)8/h1-4H,5H2;2H,1H3,(H,5,6)(H,7,8). The zero-order chi connectivity index (χ0) is 14.4. The maximum atomic E-state index is 10.1. The van der Waals surface area contributed by atoms with E-state index in [0.29, 0.717) is 3.53 Å². The first kappa shape index (κ1) is 17.0. The van der Waals surface area contributed by atoms with Gasteiger partial charge in [0.2, 0.25) is 0 Å². The lowest BCUT2D eigenvalue weighted by molar-refractivity contribution is -0.136. The summed E-state index contributed by atoms with van der Waals surface area (Å²) in [6, 6.07) is 8.50. The quantitative estimate of drug-likeness (QED) is 0.620. The van der Waals surface area contributed by atoms with Crippen LogP contribution in [0.15, 0.2) is 29.2 Å². The monoisotopic (exact) mass is 348 g/mol. The minimum atomic E-state index is -0.864. The molecule has 1 atom stereocenters. The van der Waals surface area contributed by atoms with Gasteiger partial charge < -0.3 is 5.11 Å². The highest BCUT2D eigenvalue weighted by Crippen LogP contribution is 2.27. The third kappa shape index (κ3) is 6.76. The van der Waals surface area contributed by atoms with Crippen molar-refractivity contribution >= 4 is 74.3 Å². The van der Waals surface area contributed by atoms with E-state index in [9.17, 15) is 4.79 Å². The van der Waals surface area contributed by atoms with Crippen LogP contribution in [0.5, 0.6) is 0 Å². The lowest BCUT2D eigenvalue weighted by Crippen LogP contribution is -2.11. The third-order valence-corrected chi connectivity index (χ3v) is 4.72. The average Bonchev–Trinajstić information content (AvgIpc) is 2.27. The van der Waals surface area contributed by atoms with Crippen molar-refractivity contribution in [1.82, 2.24) is 0 Å². The van der Waals surface area contributed by atoms with Crippen LogP contribution >= 0.6 is 60.6 Å². The Morgan fingerprint density at radius 2 is 2.26 bits per heavy atom. The Hall–Kier alpha value is -0.0800. The van der Waals surface area contributed by atoms with Crippen molar-refractivity contribution in [2.75, 3.05) is 0 Å². The second-order valence-electron chi connectivity index (χ2n) is 3.66. The van der Waals surface area contributed by atoms with Crippen LogP contribution in [0.25, 0.3) is 0 Å². The van der Waals surface area contributed by atoms with Gasteiger partial charge in [0.25, 0.3) is 0 Å². The Kier molecular flexibility index (Phi) is 7.38. The van der Waals surface area contributed by atoms with Crippen molar-refractivity contribution in [3.63, 3.8) is 0 Å². The molecule has 0 saturated heterocycles. The Morgan fingerprint density at radius 1 is 1.58 bits per heavy atom. The molecule has 0 aliphatic carbocycles. The highest BCUT2D eigenvalue weighted by molar-refractivity contribution is 8.42. The molecular weight excluding hydrogens is 336 g/mol. The summed E-state index contributed by atoms with van der Waals surface area (Å²) in [5.74, 6) is -0.864. The topological polar surface area (TPSA) is 37.3 Å². The number of benzene rings is 1. The van der Waals surface area contributed by atoms with Crippen LogP contribution in [0.2, 0.25) is 0 Å². The van der Waals surface area contributed by atoms with Crippen LogP contribution in [0.4, 0.5) is 0 Å². The lowest BCUT2D eigenvalue weighted by atomic mass is 10.2. The largest absolute Gasteiger partial charge is 0.480 e. The number of rotatable bonds is 2. The molecule has 1 aliphatic rings. The van der Waals surface area contributed by atoms with Crippen molar-refractivity contribution < 1.29 is 9.90 Å². The summed E-state index contributed by atoms with van der Waals surface area (Å²) >= 11 is 16.2. The molecule has 1 N–H and O–H groups in total. The van der Waals surface area contributed by atoms with Crippen molar-refractivity contribution in [2.45, 2.75) is 23.5 Å². The highest BCUT2D eigenvalue weighted by atomic mass is 32.2. The number of carbonyl (C=O) groups is 1. The number of fused-ring (bicyclic) bond motifs is 2. The van der Waals surface area contributed by atoms with Crippen LogP contribution in [-0.4, -0.2) is 24.1 Å². The van der Waals surface area contributed by atoms with Gasteiger partial charge in [0.15, 0.2) is 0 Å². The number of carboxylic acids is 1. The minimum absolute atomic E-state index is 0.366. The average molecular weight is 349 g/mol. The molecule has 0 fully saturated rings. The van der Waals surface area contributed by atoms with E-state index in [2.05, 4.69) is 49.1 Å². The first-order valence-electron chi connectivity index (χ1n) is 5.30. The molecule has 1 aromatic carbocycles. The summed E-state index contributed by atoms with van der Waals surface area (Å²) in [4.78, 5) is 11.4. The molecular formula is C12H12O2S5. The van der Waals surface area contributed by atoms with Gasteiger partial charge in [0.1, 0.15) is 8.78 Å². The van der Waals surface area contributed by atoms with Crippen molar-refractivity contribution in [3.8, 4) is 0 Å². The van der Waals surface area contributed by atoms with Crippen LogP contribution < -0.4 is 0 Å². The first-order valence-corrected chi connectivity index (χ1v) is 8.26. The van der Waals surface area contributed by atoms with E-state index in [1.807, 2.05) is 0 Å². The zero-order valence-corrected chi connectivity index (χ0v) is 14.2. The maximum Gasteiger partial charge on any atom is 0.316 e. The fraction of sp³-hybridized carbons (Fsp3) is 0.250. The van der Waals surface area contributed by atoms with E-state index >= 15 is 0 Å². The van der Waals surface area contributed by atoms with E-state index in [0.717, 1.165) is 22.4 Å². The van der Waals surface area contributed by atoms with E-state index in [-0.39, 0.29) is 0 Å². The Bertz CT molecular complexity index is 477. The smallest absolute Gasteiger partial charge is 0.316 e. The summed E-state index contributed by atoms with van der Waals surface area (Å²) < 4.78 is 1.46. The summed E-state index contributed by atoms with van der Waals surface area (Å²) in [7, 11) is 0. The number of aliphatic carboxylic acids is 1. The molecule has 1 aliphatic heterocycles. The van der Waals surface area contributed by atoms with Gasteiger partial charge in [-0.25, -0.2) is 0 Å². The molecule has 1 heterocycles. The fourth-order valence-electron chi connectivity index (χ4n) is 1.25. The molecule has 0 amide bonds. The second-order valence-corrected chi connectivity index (χ2v) is 8.65. The van der Waals surface area contributed by atoms with Crippen molar-refractivity contribution in [2.24, 2.45) is 0 Å². The molecule has 2 nitrogen and oxygen atoms in total. The maximum absolute atomic E-state index is 10.1. The van der Waals surface area contributed by atoms with Crippen LogP contribution in [0.3, 0.4) is 0 Å². The van der Waals surface area contributed by atoms with Gasteiger partial charge in [-0.05, 0) is 24.6 Å². The van der Waals surface area contributed by atoms with Gasteiger partial charge in [-0.1, -0.05) is 60.1 Å². The summed E-state index contributed by atoms with van der Waals surface area (Å²) in [6.07, 6.45) is 0.966. The normalized spacial score (nSPS) is 14.1. The van der Waals surface area contributed by atoms with Crippen LogP contribution in [0, 0.1) is 0 Å². The molecule has 0 saturated carbocycles. The summed E-state index contributed by atoms with van der Waals surface area (Å²) in [5.41, 5.74) is 1.35. The molecule has 19 heavy (non-hydrogen) atoms. The summed E-state index contributed by atoms with van der Waals surface area (Å²) in [6.45, 7) is 1.56. The Labute approximate surface area is 137 Å². The molecule has 2 bridgehead atoms. The predicted molar refractivity (Wildman–Crippen MR) is 94.9 cm³/mol. The number of hydrogen-bond donors (Lipinski definition) is 2. The van der Waals surface area contributed by atoms with Gasteiger partial charge in [0, 0.05) is 11.3 Å². The molecule has 7 heteroatoms. The Balaban J connectivity index is 0.000000192. The number of thiocarbonyl (C=S) groups is 2. The first-order chi connectivity index (χ1) is 8.88. The fourth-order valence-corrected chi connectivity index (χ4v) is 3.88. The second kappa shape index (κ2) is 8.26. The number of thioether (sulfide) groups is 2. The minimum Gasteiger partial charge on any atom is -0.480 e. The number of thiol groups is 1. The van der Waals surface area contributed by atoms with Gasteiger partial charge in [-0.15, -0.1) is 12.6 Å². The molecule has 0 spiro atoms. The van der Waals surface area contributed by atoms with Crippen molar-refractivity contribution in [3.05, 3.63) is 29.8 Å². The molecule has 2 rings (SSSR count). The zero-order valence-electron chi connectivity index (χ0n) is 10.0. The van der Waals surface area contributed by atoms with Crippen molar-refractivity contribution in [1.29, 1.82) is 0 Å². The number of hydrogen-bond acceptors (Lipinski definition) is 5. The lowest BCUT2D eigenvalue weighted by Gasteiger charge is -2.11. The van der Waals surface area contributed by atoms with E-state index in [4.69, 9.17) is 17.3 Å². The van der Waals surface area contributed by atoms with Crippen LogP contribution in [0.1, 0.15) is 12.5 Å². The molecule has 1 aromatic rings. The van der Waals surface area contributed by atoms with E-state index in [1.165, 1.54) is 10.5 Å². The molecule has 1 unspecified atom stereocenters.